The molecule has 0 saturated carbocycles. The second kappa shape index (κ2) is 5.63. The zero-order valence-corrected chi connectivity index (χ0v) is 12.8. The van der Waals surface area contributed by atoms with Crippen molar-refractivity contribution in [2.45, 2.75) is 13.3 Å². The lowest BCUT2D eigenvalue weighted by Gasteiger charge is -2.01. The summed E-state index contributed by atoms with van der Waals surface area (Å²) in [4.78, 5) is 10.6. The van der Waals surface area contributed by atoms with Gasteiger partial charge in [-0.1, -0.05) is 0 Å². The van der Waals surface area contributed by atoms with Crippen molar-refractivity contribution in [2.24, 2.45) is 0 Å². The van der Waals surface area contributed by atoms with Gasteiger partial charge in [0.25, 0.3) is 0 Å². The van der Waals surface area contributed by atoms with E-state index in [9.17, 15) is 4.79 Å². The highest BCUT2D eigenvalue weighted by Crippen LogP contribution is 2.40. The van der Waals surface area contributed by atoms with Gasteiger partial charge in [0.15, 0.2) is 0 Å². The Labute approximate surface area is 111 Å². The van der Waals surface area contributed by atoms with E-state index < -0.39 is 0 Å². The van der Waals surface area contributed by atoms with Crippen LogP contribution in [0.1, 0.15) is 12.5 Å². The first-order valence-electron chi connectivity index (χ1n) is 3.78. The van der Waals surface area contributed by atoms with Gasteiger partial charge in [-0.05, 0) is 53.4 Å². The molecule has 2 nitrogen and oxygen atoms in total. The molecule has 0 spiro atoms. The molecule has 0 aliphatic carbocycles. The van der Waals surface area contributed by atoms with Crippen LogP contribution in [0.2, 0.25) is 0 Å². The van der Waals surface area contributed by atoms with E-state index >= 15 is 0 Å². The summed E-state index contributed by atoms with van der Waals surface area (Å²) < 4.78 is 8.01. The standard InChI is InChI=1S/C8H7Br3O2S/c1-4(12)13-3-2-5-6(9)8(11)14-7(5)10/h2-3H2,1H3. The number of carbonyl (C=O) groups is 1. The Balaban J connectivity index is 2.62. The zero-order valence-electron chi connectivity index (χ0n) is 7.27. The summed E-state index contributed by atoms with van der Waals surface area (Å²) >= 11 is 11.9. The summed E-state index contributed by atoms with van der Waals surface area (Å²) in [5.74, 6) is -0.244. The third-order valence-electron chi connectivity index (χ3n) is 1.51. The van der Waals surface area contributed by atoms with Crippen LogP contribution < -0.4 is 0 Å². The molecule has 1 rings (SSSR count). The number of thiophene rings is 1. The Morgan fingerprint density at radius 1 is 1.36 bits per heavy atom. The predicted molar refractivity (Wildman–Crippen MR) is 67.8 cm³/mol. The molecule has 0 aromatic carbocycles. The molecule has 0 amide bonds. The minimum absolute atomic E-state index is 0.244. The summed E-state index contributed by atoms with van der Waals surface area (Å²) in [6.07, 6.45) is 0.711. The summed E-state index contributed by atoms with van der Waals surface area (Å²) in [7, 11) is 0. The number of hydrogen-bond acceptors (Lipinski definition) is 3. The van der Waals surface area contributed by atoms with Crippen molar-refractivity contribution in [3.63, 3.8) is 0 Å². The van der Waals surface area contributed by atoms with Crippen molar-refractivity contribution in [2.75, 3.05) is 6.61 Å². The third-order valence-corrected chi connectivity index (χ3v) is 5.84. The molecule has 78 valence electrons. The van der Waals surface area contributed by atoms with Crippen molar-refractivity contribution in [1.82, 2.24) is 0 Å². The van der Waals surface area contributed by atoms with Gasteiger partial charge in [-0.3, -0.25) is 4.79 Å². The lowest BCUT2D eigenvalue weighted by atomic mass is 10.2. The Bertz CT molecular complexity index is 349. The minimum Gasteiger partial charge on any atom is -0.466 e. The molecule has 0 aliphatic heterocycles. The summed E-state index contributed by atoms with van der Waals surface area (Å²) in [6.45, 7) is 1.82. The van der Waals surface area contributed by atoms with E-state index in [2.05, 4.69) is 47.8 Å². The van der Waals surface area contributed by atoms with Gasteiger partial charge in [0, 0.05) is 17.8 Å². The molecule has 1 aromatic heterocycles. The van der Waals surface area contributed by atoms with Crippen LogP contribution in [-0.4, -0.2) is 12.6 Å². The highest BCUT2D eigenvalue weighted by atomic mass is 79.9. The van der Waals surface area contributed by atoms with Crippen LogP contribution in [-0.2, 0) is 16.0 Å². The maximum Gasteiger partial charge on any atom is 0.302 e. The van der Waals surface area contributed by atoms with Crippen molar-refractivity contribution in [3.05, 3.63) is 17.6 Å². The fraction of sp³-hybridized carbons (Fsp3) is 0.375. The van der Waals surface area contributed by atoms with Crippen LogP contribution in [0.5, 0.6) is 0 Å². The SMILES string of the molecule is CC(=O)OCCc1c(Br)sc(Br)c1Br. The molecule has 1 aromatic rings. The molecule has 0 radical (unpaired) electrons. The van der Waals surface area contributed by atoms with Crippen LogP contribution in [0.3, 0.4) is 0 Å². The van der Waals surface area contributed by atoms with Gasteiger partial charge < -0.3 is 4.74 Å². The van der Waals surface area contributed by atoms with E-state index in [4.69, 9.17) is 4.74 Å². The average molecular weight is 407 g/mol. The van der Waals surface area contributed by atoms with E-state index in [1.807, 2.05) is 0 Å². The first-order valence-corrected chi connectivity index (χ1v) is 6.97. The van der Waals surface area contributed by atoms with E-state index in [1.165, 1.54) is 6.92 Å². The van der Waals surface area contributed by atoms with E-state index in [-0.39, 0.29) is 5.97 Å². The maximum atomic E-state index is 10.6. The zero-order chi connectivity index (χ0) is 10.7. The quantitative estimate of drug-likeness (QED) is 0.705. The van der Waals surface area contributed by atoms with E-state index in [0.29, 0.717) is 13.0 Å². The largest absolute Gasteiger partial charge is 0.466 e. The van der Waals surface area contributed by atoms with Gasteiger partial charge in [0.1, 0.15) is 0 Å². The normalized spacial score (nSPS) is 10.3. The Morgan fingerprint density at radius 3 is 2.43 bits per heavy atom. The Morgan fingerprint density at radius 2 is 2.00 bits per heavy atom. The average Bonchev–Trinajstić information content (AvgIpc) is 2.31. The second-order valence-corrected chi connectivity index (χ2v) is 6.98. The molecule has 1 heterocycles. The number of ether oxygens (including phenoxy) is 1. The number of hydrogen-bond donors (Lipinski definition) is 0. The first kappa shape index (κ1) is 12.7. The van der Waals surface area contributed by atoms with Gasteiger partial charge in [0.2, 0.25) is 0 Å². The van der Waals surface area contributed by atoms with Gasteiger partial charge in [0.05, 0.1) is 14.2 Å². The second-order valence-electron chi connectivity index (χ2n) is 2.53. The maximum absolute atomic E-state index is 10.6. The minimum atomic E-state index is -0.244. The molecule has 0 fully saturated rings. The molecule has 14 heavy (non-hydrogen) atoms. The van der Waals surface area contributed by atoms with Crippen molar-refractivity contribution >= 4 is 65.1 Å². The number of esters is 1. The van der Waals surface area contributed by atoms with E-state index in [0.717, 1.165) is 17.6 Å². The summed E-state index contributed by atoms with van der Waals surface area (Å²) in [5.41, 5.74) is 1.13. The molecule has 0 unspecified atom stereocenters. The third kappa shape index (κ3) is 3.32. The Hall–Kier alpha value is 0.610. The van der Waals surface area contributed by atoms with Gasteiger partial charge in [-0.2, -0.15) is 0 Å². The molecule has 0 atom stereocenters. The van der Waals surface area contributed by atoms with Crippen molar-refractivity contribution in [3.8, 4) is 0 Å². The molecule has 0 saturated heterocycles. The lowest BCUT2D eigenvalue weighted by Crippen LogP contribution is -2.03. The Kier molecular flexibility index (Phi) is 5.10. The topological polar surface area (TPSA) is 26.3 Å². The van der Waals surface area contributed by atoms with Crippen molar-refractivity contribution in [1.29, 1.82) is 0 Å². The first-order chi connectivity index (χ1) is 6.52. The fourth-order valence-electron chi connectivity index (χ4n) is 0.895. The van der Waals surface area contributed by atoms with Crippen LogP contribution in [0.15, 0.2) is 12.0 Å². The molecular formula is C8H7Br3O2S. The fourth-order valence-corrected chi connectivity index (χ4v) is 4.89. The van der Waals surface area contributed by atoms with E-state index in [1.54, 1.807) is 11.3 Å². The van der Waals surface area contributed by atoms with Crippen LogP contribution in [0.4, 0.5) is 0 Å². The molecular weight excluding hydrogens is 400 g/mol. The lowest BCUT2D eigenvalue weighted by molar-refractivity contribution is -0.140. The molecule has 0 bridgehead atoms. The summed E-state index contributed by atoms with van der Waals surface area (Å²) in [5, 5.41) is 0. The van der Waals surface area contributed by atoms with Gasteiger partial charge in [-0.15, -0.1) is 11.3 Å². The predicted octanol–water partition coefficient (Wildman–Crippen LogP) is 4.14. The van der Waals surface area contributed by atoms with Crippen LogP contribution in [0.25, 0.3) is 0 Å². The highest BCUT2D eigenvalue weighted by Gasteiger charge is 2.12. The van der Waals surface area contributed by atoms with Gasteiger partial charge >= 0.3 is 5.97 Å². The number of rotatable bonds is 3. The molecule has 6 heteroatoms. The number of halogens is 3. The summed E-state index contributed by atoms with van der Waals surface area (Å²) in [6, 6.07) is 0. The monoisotopic (exact) mass is 404 g/mol. The van der Waals surface area contributed by atoms with Crippen molar-refractivity contribution < 1.29 is 9.53 Å². The smallest absolute Gasteiger partial charge is 0.302 e. The molecule has 0 aliphatic rings. The highest BCUT2D eigenvalue weighted by molar-refractivity contribution is 9.14. The van der Waals surface area contributed by atoms with Crippen LogP contribution in [0, 0.1) is 0 Å². The molecule has 0 N–H and O–H groups in total. The number of carbonyl (C=O) groups excluding carboxylic acids is 1. The van der Waals surface area contributed by atoms with Crippen LogP contribution >= 0.6 is 59.1 Å². The van der Waals surface area contributed by atoms with Gasteiger partial charge in [-0.25, -0.2) is 0 Å².